The minimum atomic E-state index is -1.38. The van der Waals surface area contributed by atoms with E-state index in [0.717, 1.165) is 0 Å². The smallest absolute Gasteiger partial charge is 0.307 e. The van der Waals surface area contributed by atoms with Gasteiger partial charge in [-0.2, -0.15) is 0 Å². The highest BCUT2D eigenvalue weighted by Gasteiger charge is 2.25. The van der Waals surface area contributed by atoms with Crippen LogP contribution in [0.15, 0.2) is 24.3 Å². The van der Waals surface area contributed by atoms with E-state index < -0.39 is 30.4 Å². The Hall–Kier alpha value is -2.08. The predicted molar refractivity (Wildman–Crippen MR) is 72.5 cm³/mol. The van der Waals surface area contributed by atoms with Crippen LogP contribution in [-0.2, 0) is 19.1 Å². The number of amides is 1. The molecular weight excluding hydrogens is 286 g/mol. The van der Waals surface area contributed by atoms with E-state index >= 15 is 0 Å². The summed E-state index contributed by atoms with van der Waals surface area (Å²) in [6, 6.07) is 6.34. The summed E-state index contributed by atoms with van der Waals surface area (Å²) >= 11 is 5.77. The van der Waals surface area contributed by atoms with Crippen molar-refractivity contribution in [2.24, 2.45) is 0 Å². The number of rotatable bonds is 6. The molecule has 0 radical (unpaired) electrons. The molecule has 2 N–H and O–H groups in total. The number of halogens is 1. The van der Waals surface area contributed by atoms with E-state index in [2.05, 4.69) is 5.32 Å². The normalized spacial score (nSPS) is 11.5. The van der Waals surface area contributed by atoms with Crippen molar-refractivity contribution in [3.63, 3.8) is 0 Å². The van der Waals surface area contributed by atoms with E-state index in [9.17, 15) is 14.4 Å². The molecule has 6 nitrogen and oxygen atoms in total. The van der Waals surface area contributed by atoms with Crippen LogP contribution in [0.2, 0.25) is 5.02 Å². The van der Waals surface area contributed by atoms with Crippen molar-refractivity contribution in [1.82, 2.24) is 0 Å². The lowest BCUT2D eigenvalue weighted by atomic mass is 10.2. The van der Waals surface area contributed by atoms with Gasteiger partial charge in [-0.25, -0.2) is 0 Å². The maximum absolute atomic E-state index is 11.9. The number of carboxylic acid groups (broad SMARTS) is 1. The second-order valence-corrected chi connectivity index (χ2v) is 4.37. The molecule has 0 aliphatic rings. The van der Waals surface area contributed by atoms with Gasteiger partial charge in [-0.3, -0.25) is 14.4 Å². The molecular formula is C13H14ClNO5. The molecule has 1 atom stereocenters. The lowest BCUT2D eigenvalue weighted by Gasteiger charge is -2.15. The van der Waals surface area contributed by atoms with Crippen molar-refractivity contribution in [3.8, 4) is 0 Å². The van der Waals surface area contributed by atoms with Gasteiger partial charge >= 0.3 is 11.9 Å². The van der Waals surface area contributed by atoms with E-state index in [1.165, 1.54) is 6.07 Å². The Labute approximate surface area is 120 Å². The summed E-state index contributed by atoms with van der Waals surface area (Å²) in [5.41, 5.74) is 0.394. The fourth-order valence-corrected chi connectivity index (χ4v) is 1.57. The molecule has 1 amide bonds. The lowest BCUT2D eigenvalue weighted by Crippen LogP contribution is -2.34. The van der Waals surface area contributed by atoms with Crippen molar-refractivity contribution in [1.29, 1.82) is 0 Å². The zero-order valence-electron chi connectivity index (χ0n) is 10.8. The number of esters is 1. The van der Waals surface area contributed by atoms with Gasteiger partial charge in [-0.15, -0.1) is 0 Å². The van der Waals surface area contributed by atoms with Gasteiger partial charge < -0.3 is 15.2 Å². The summed E-state index contributed by atoms with van der Waals surface area (Å²) in [6.45, 7) is 1.55. The number of carbonyl (C=O) groups is 3. The molecule has 108 valence electrons. The highest BCUT2D eigenvalue weighted by atomic mass is 35.5. The zero-order chi connectivity index (χ0) is 15.1. The van der Waals surface area contributed by atoms with Gasteiger partial charge in [0.2, 0.25) is 0 Å². The molecule has 7 heteroatoms. The van der Waals surface area contributed by atoms with Crippen LogP contribution in [0.1, 0.15) is 19.8 Å². The predicted octanol–water partition coefficient (Wildman–Crippen LogP) is 2.07. The van der Waals surface area contributed by atoms with E-state index in [-0.39, 0.29) is 6.42 Å². The van der Waals surface area contributed by atoms with Crippen molar-refractivity contribution in [3.05, 3.63) is 29.3 Å². The van der Waals surface area contributed by atoms with Gasteiger partial charge in [-0.1, -0.05) is 24.6 Å². The second-order valence-electron chi connectivity index (χ2n) is 3.93. The number of benzene rings is 1. The molecule has 1 unspecified atom stereocenters. The molecule has 1 rings (SSSR count). The monoisotopic (exact) mass is 299 g/mol. The summed E-state index contributed by atoms with van der Waals surface area (Å²) in [6.07, 6.45) is -1.92. The Morgan fingerprint density at radius 3 is 2.65 bits per heavy atom. The Morgan fingerprint density at radius 1 is 1.40 bits per heavy atom. The van der Waals surface area contributed by atoms with Crippen LogP contribution in [0.3, 0.4) is 0 Å². The summed E-state index contributed by atoms with van der Waals surface area (Å²) in [7, 11) is 0. The number of carboxylic acids is 1. The molecule has 0 aliphatic heterocycles. The number of anilines is 1. The van der Waals surface area contributed by atoms with Crippen LogP contribution in [-0.4, -0.2) is 29.1 Å². The van der Waals surface area contributed by atoms with E-state index in [0.29, 0.717) is 10.7 Å². The van der Waals surface area contributed by atoms with Crippen molar-refractivity contribution < 1.29 is 24.2 Å². The molecule has 20 heavy (non-hydrogen) atoms. The van der Waals surface area contributed by atoms with Gasteiger partial charge in [0.05, 0.1) is 6.42 Å². The van der Waals surface area contributed by atoms with Crippen LogP contribution in [0.4, 0.5) is 5.69 Å². The third kappa shape index (κ3) is 5.27. The first kappa shape index (κ1) is 16.0. The number of hydrogen-bond donors (Lipinski definition) is 2. The van der Waals surface area contributed by atoms with Crippen LogP contribution >= 0.6 is 11.6 Å². The fraction of sp³-hybridized carbons (Fsp3) is 0.308. The fourth-order valence-electron chi connectivity index (χ4n) is 1.38. The highest BCUT2D eigenvalue weighted by Crippen LogP contribution is 2.16. The first-order valence-corrected chi connectivity index (χ1v) is 6.28. The van der Waals surface area contributed by atoms with E-state index in [4.69, 9.17) is 21.4 Å². The minimum absolute atomic E-state index is 0.0561. The topological polar surface area (TPSA) is 92.7 Å². The lowest BCUT2D eigenvalue weighted by molar-refractivity contribution is -0.157. The Balaban J connectivity index is 2.76. The van der Waals surface area contributed by atoms with Crippen molar-refractivity contribution in [2.45, 2.75) is 25.9 Å². The van der Waals surface area contributed by atoms with Crippen LogP contribution in [0, 0.1) is 0 Å². The average molecular weight is 300 g/mol. The summed E-state index contributed by atoms with van der Waals surface area (Å²) < 4.78 is 4.81. The van der Waals surface area contributed by atoms with Crippen molar-refractivity contribution >= 4 is 35.1 Å². The van der Waals surface area contributed by atoms with Crippen LogP contribution in [0.5, 0.6) is 0 Å². The first-order chi connectivity index (χ1) is 9.42. The molecule has 0 spiro atoms. The number of hydrogen-bond acceptors (Lipinski definition) is 4. The summed E-state index contributed by atoms with van der Waals surface area (Å²) in [5.74, 6) is -2.59. The average Bonchev–Trinajstić information content (AvgIpc) is 2.37. The molecule has 0 bridgehead atoms. The quantitative estimate of drug-likeness (QED) is 0.784. The van der Waals surface area contributed by atoms with Gasteiger partial charge in [0, 0.05) is 17.1 Å². The first-order valence-electron chi connectivity index (χ1n) is 5.90. The van der Waals surface area contributed by atoms with Gasteiger partial charge in [0.25, 0.3) is 5.91 Å². The SMILES string of the molecule is CCC(=O)OC(CC(=O)O)C(=O)Nc1cccc(Cl)c1. The molecule has 0 fully saturated rings. The Morgan fingerprint density at radius 2 is 2.10 bits per heavy atom. The largest absolute Gasteiger partial charge is 0.481 e. The highest BCUT2D eigenvalue weighted by molar-refractivity contribution is 6.30. The molecule has 1 aromatic rings. The van der Waals surface area contributed by atoms with Crippen LogP contribution in [0.25, 0.3) is 0 Å². The number of ether oxygens (including phenoxy) is 1. The second kappa shape index (κ2) is 7.49. The summed E-state index contributed by atoms with van der Waals surface area (Å²) in [5, 5.41) is 11.6. The van der Waals surface area contributed by atoms with Gasteiger partial charge in [-0.05, 0) is 18.2 Å². The van der Waals surface area contributed by atoms with Gasteiger partial charge in [0.1, 0.15) is 0 Å². The third-order valence-corrected chi connectivity index (χ3v) is 2.54. The summed E-state index contributed by atoms with van der Waals surface area (Å²) in [4.78, 5) is 33.8. The molecule has 0 heterocycles. The molecule has 0 aliphatic carbocycles. The van der Waals surface area contributed by atoms with E-state index in [1.54, 1.807) is 25.1 Å². The Kier molecular flexibility index (Phi) is 5.99. The number of aliphatic carboxylic acids is 1. The molecule has 0 aromatic heterocycles. The molecule has 0 saturated heterocycles. The molecule has 1 aromatic carbocycles. The molecule has 0 saturated carbocycles. The maximum atomic E-state index is 11.9. The zero-order valence-corrected chi connectivity index (χ0v) is 11.5. The van der Waals surface area contributed by atoms with E-state index in [1.807, 2.05) is 0 Å². The third-order valence-electron chi connectivity index (χ3n) is 2.31. The maximum Gasteiger partial charge on any atom is 0.307 e. The Bertz CT molecular complexity index is 517. The van der Waals surface area contributed by atoms with Crippen LogP contribution < -0.4 is 5.32 Å². The minimum Gasteiger partial charge on any atom is -0.481 e. The van der Waals surface area contributed by atoms with Gasteiger partial charge in [0.15, 0.2) is 6.10 Å². The van der Waals surface area contributed by atoms with Crippen molar-refractivity contribution in [2.75, 3.05) is 5.32 Å². The number of nitrogens with one attached hydrogen (secondary N) is 1. The number of carbonyl (C=O) groups excluding carboxylic acids is 2. The standard InChI is InChI=1S/C13H14ClNO5/c1-2-12(18)20-10(7-11(16)17)13(19)15-9-5-3-4-8(14)6-9/h3-6,10H,2,7H2,1H3,(H,15,19)(H,16,17).